The molecule has 5 nitrogen and oxygen atoms in total. The molecule has 90 valence electrons. The molecular weight excluding hydrogens is 246 g/mol. The maximum atomic E-state index is 4.55. The summed E-state index contributed by atoms with van der Waals surface area (Å²) in [7, 11) is 0. The first-order valence-corrected chi connectivity index (χ1v) is 6.74. The van der Waals surface area contributed by atoms with Crippen molar-refractivity contribution in [3.8, 4) is 21.4 Å². The Kier molecular flexibility index (Phi) is 2.10. The number of H-pyrrole nitrogens is 2. The Balaban J connectivity index is 1.67. The lowest BCUT2D eigenvalue weighted by Crippen LogP contribution is -1.80. The molecule has 1 saturated carbocycles. The Morgan fingerprint density at radius 1 is 1.22 bits per heavy atom. The van der Waals surface area contributed by atoms with Gasteiger partial charge in [-0.25, -0.2) is 9.97 Å². The molecule has 0 aromatic carbocycles. The van der Waals surface area contributed by atoms with Gasteiger partial charge in [-0.2, -0.15) is 5.10 Å². The topological polar surface area (TPSA) is 70.2 Å². The van der Waals surface area contributed by atoms with Crippen LogP contribution >= 0.6 is 11.3 Å². The average molecular weight is 257 g/mol. The number of hydrogen-bond acceptors (Lipinski definition) is 4. The normalized spacial score (nSPS) is 15.1. The molecule has 3 aromatic rings. The zero-order valence-corrected chi connectivity index (χ0v) is 10.4. The van der Waals surface area contributed by atoms with E-state index in [0.717, 1.165) is 27.2 Å². The third-order valence-corrected chi connectivity index (χ3v) is 4.11. The number of rotatable bonds is 3. The van der Waals surface area contributed by atoms with Gasteiger partial charge in [-0.05, 0) is 25.0 Å². The highest BCUT2D eigenvalue weighted by Crippen LogP contribution is 2.39. The summed E-state index contributed by atoms with van der Waals surface area (Å²) >= 11 is 1.65. The highest BCUT2D eigenvalue weighted by atomic mass is 32.1. The average Bonchev–Trinajstić information content (AvgIpc) is 2.91. The molecule has 0 aliphatic heterocycles. The molecule has 6 heteroatoms. The fourth-order valence-corrected chi connectivity index (χ4v) is 2.81. The lowest BCUT2D eigenvalue weighted by atomic mass is 10.4. The minimum Gasteiger partial charge on any atom is -0.344 e. The number of aromatic nitrogens is 5. The van der Waals surface area contributed by atoms with Crippen LogP contribution in [0.1, 0.15) is 24.6 Å². The number of aromatic amines is 2. The van der Waals surface area contributed by atoms with Crippen LogP contribution < -0.4 is 0 Å². The molecule has 18 heavy (non-hydrogen) atoms. The molecule has 0 unspecified atom stereocenters. The lowest BCUT2D eigenvalue weighted by molar-refractivity contribution is 0.935. The number of nitrogens with zero attached hydrogens (tertiary/aromatic N) is 3. The van der Waals surface area contributed by atoms with E-state index in [2.05, 4.69) is 25.1 Å². The molecule has 3 aromatic heterocycles. The number of hydrogen-bond donors (Lipinski definition) is 2. The van der Waals surface area contributed by atoms with Crippen LogP contribution in [0.5, 0.6) is 0 Å². The lowest BCUT2D eigenvalue weighted by Gasteiger charge is -1.88. The van der Waals surface area contributed by atoms with Gasteiger partial charge in [-0.3, -0.25) is 5.10 Å². The summed E-state index contributed by atoms with van der Waals surface area (Å²) in [4.78, 5) is 14.1. The van der Waals surface area contributed by atoms with E-state index in [9.17, 15) is 0 Å². The molecule has 0 amide bonds. The molecule has 2 N–H and O–H groups in total. The zero-order chi connectivity index (χ0) is 11.9. The van der Waals surface area contributed by atoms with Crippen LogP contribution in [0, 0.1) is 0 Å². The predicted molar refractivity (Wildman–Crippen MR) is 69.3 cm³/mol. The first kappa shape index (κ1) is 10.0. The number of imidazole rings is 1. The van der Waals surface area contributed by atoms with Gasteiger partial charge in [-0.15, -0.1) is 11.3 Å². The monoisotopic (exact) mass is 257 g/mol. The summed E-state index contributed by atoms with van der Waals surface area (Å²) in [5.41, 5.74) is 0. The molecule has 1 aliphatic rings. The first-order chi connectivity index (χ1) is 8.90. The highest BCUT2D eigenvalue weighted by Gasteiger charge is 2.27. The summed E-state index contributed by atoms with van der Waals surface area (Å²) < 4.78 is 0. The Bertz CT molecular complexity index is 662. The maximum Gasteiger partial charge on any atom is 0.191 e. The Morgan fingerprint density at radius 2 is 2.11 bits per heavy atom. The van der Waals surface area contributed by atoms with Gasteiger partial charge >= 0.3 is 0 Å². The van der Waals surface area contributed by atoms with Gasteiger partial charge in [0.05, 0.1) is 9.75 Å². The van der Waals surface area contributed by atoms with E-state index in [1.807, 2.05) is 18.3 Å². The van der Waals surface area contributed by atoms with Crippen molar-refractivity contribution in [2.75, 3.05) is 0 Å². The van der Waals surface area contributed by atoms with Gasteiger partial charge in [0.15, 0.2) is 5.82 Å². The molecule has 0 atom stereocenters. The molecule has 1 aliphatic carbocycles. The standard InChI is InChI=1S/C12H11N5S/c1-2-7(1)10-15-12(17-16-10)9-4-3-8(18-9)11-13-5-6-14-11/h3-7H,1-2H2,(H,13,14)(H,15,16,17). The third-order valence-electron chi connectivity index (χ3n) is 3.02. The minimum absolute atomic E-state index is 0.607. The van der Waals surface area contributed by atoms with Gasteiger partial charge < -0.3 is 4.98 Å². The van der Waals surface area contributed by atoms with E-state index in [4.69, 9.17) is 0 Å². The highest BCUT2D eigenvalue weighted by molar-refractivity contribution is 7.18. The van der Waals surface area contributed by atoms with Crippen molar-refractivity contribution in [3.63, 3.8) is 0 Å². The molecule has 0 saturated heterocycles. The summed E-state index contributed by atoms with van der Waals surface area (Å²) in [5.74, 6) is 3.32. The largest absolute Gasteiger partial charge is 0.344 e. The second-order valence-electron chi connectivity index (χ2n) is 4.42. The van der Waals surface area contributed by atoms with Gasteiger partial charge in [0.2, 0.25) is 0 Å². The SMILES string of the molecule is c1c[nH]c(-c2ccc(-c3n[nH]c(C4CC4)n3)s2)n1. The van der Waals surface area contributed by atoms with E-state index in [-0.39, 0.29) is 0 Å². The smallest absolute Gasteiger partial charge is 0.191 e. The molecule has 4 rings (SSSR count). The van der Waals surface area contributed by atoms with Crippen LogP contribution in [-0.4, -0.2) is 25.1 Å². The number of nitrogens with one attached hydrogen (secondary N) is 2. The maximum absolute atomic E-state index is 4.55. The van der Waals surface area contributed by atoms with Crippen LogP contribution in [-0.2, 0) is 0 Å². The van der Waals surface area contributed by atoms with Gasteiger partial charge in [0.25, 0.3) is 0 Å². The summed E-state index contributed by atoms with van der Waals surface area (Å²) in [5, 5.41) is 7.32. The number of thiophene rings is 1. The second-order valence-corrected chi connectivity index (χ2v) is 5.50. The molecule has 3 heterocycles. The zero-order valence-electron chi connectivity index (χ0n) is 9.55. The van der Waals surface area contributed by atoms with Gasteiger partial charge in [0, 0.05) is 18.3 Å². The summed E-state index contributed by atoms with van der Waals surface area (Å²) in [6, 6.07) is 4.09. The van der Waals surface area contributed by atoms with E-state index in [1.54, 1.807) is 17.5 Å². The predicted octanol–water partition coefficient (Wildman–Crippen LogP) is 2.80. The molecule has 0 radical (unpaired) electrons. The van der Waals surface area contributed by atoms with Crippen molar-refractivity contribution in [3.05, 3.63) is 30.4 Å². The van der Waals surface area contributed by atoms with Gasteiger partial charge in [0.1, 0.15) is 11.6 Å². The fraction of sp³-hybridized carbons (Fsp3) is 0.250. The quantitative estimate of drug-likeness (QED) is 0.758. The van der Waals surface area contributed by atoms with Crippen LogP contribution in [0.3, 0.4) is 0 Å². The third kappa shape index (κ3) is 1.65. The van der Waals surface area contributed by atoms with Crippen molar-refractivity contribution in [1.82, 2.24) is 25.1 Å². The van der Waals surface area contributed by atoms with Crippen molar-refractivity contribution in [2.24, 2.45) is 0 Å². The van der Waals surface area contributed by atoms with Crippen LogP contribution in [0.2, 0.25) is 0 Å². The summed E-state index contributed by atoms with van der Waals surface area (Å²) in [6.07, 6.45) is 6.05. The molecule has 0 bridgehead atoms. The van der Waals surface area contributed by atoms with Crippen LogP contribution in [0.4, 0.5) is 0 Å². The van der Waals surface area contributed by atoms with Gasteiger partial charge in [-0.1, -0.05) is 0 Å². The van der Waals surface area contributed by atoms with E-state index in [0.29, 0.717) is 5.92 Å². The Labute approximate surface area is 107 Å². The molecular formula is C12H11N5S. The van der Waals surface area contributed by atoms with E-state index < -0.39 is 0 Å². The van der Waals surface area contributed by atoms with Crippen LogP contribution in [0.15, 0.2) is 24.5 Å². The van der Waals surface area contributed by atoms with E-state index in [1.165, 1.54) is 12.8 Å². The summed E-state index contributed by atoms with van der Waals surface area (Å²) in [6.45, 7) is 0. The van der Waals surface area contributed by atoms with Crippen molar-refractivity contribution in [1.29, 1.82) is 0 Å². The Morgan fingerprint density at radius 3 is 2.89 bits per heavy atom. The van der Waals surface area contributed by atoms with Crippen LogP contribution in [0.25, 0.3) is 21.4 Å². The van der Waals surface area contributed by atoms with E-state index >= 15 is 0 Å². The molecule has 1 fully saturated rings. The fourth-order valence-electron chi connectivity index (χ4n) is 1.91. The second kappa shape index (κ2) is 3.78. The van der Waals surface area contributed by atoms with Crippen molar-refractivity contribution in [2.45, 2.75) is 18.8 Å². The molecule has 0 spiro atoms. The van der Waals surface area contributed by atoms with Crippen molar-refractivity contribution >= 4 is 11.3 Å². The minimum atomic E-state index is 0.607. The Hall–Kier alpha value is -1.95. The van der Waals surface area contributed by atoms with Crippen molar-refractivity contribution < 1.29 is 0 Å². The first-order valence-electron chi connectivity index (χ1n) is 5.92.